The predicted molar refractivity (Wildman–Crippen MR) is 138 cm³/mol. The fourth-order valence-corrected chi connectivity index (χ4v) is 4.66. The Balaban J connectivity index is 1.54. The van der Waals surface area contributed by atoms with Crippen LogP contribution >= 0.6 is 0 Å². The second-order valence-electron chi connectivity index (χ2n) is 9.33. The van der Waals surface area contributed by atoms with E-state index < -0.39 is 6.10 Å². The summed E-state index contributed by atoms with van der Waals surface area (Å²) in [5, 5.41) is 2.96. The van der Waals surface area contributed by atoms with E-state index in [1.54, 1.807) is 6.92 Å². The molecule has 1 aliphatic heterocycles. The molecular weight excluding hydrogens is 436 g/mol. The van der Waals surface area contributed by atoms with Crippen molar-refractivity contribution < 1.29 is 14.3 Å². The third-order valence-electron chi connectivity index (χ3n) is 6.59. The van der Waals surface area contributed by atoms with E-state index in [2.05, 4.69) is 48.6 Å². The van der Waals surface area contributed by atoms with Crippen LogP contribution in [-0.4, -0.2) is 29.4 Å². The first-order chi connectivity index (χ1) is 16.9. The van der Waals surface area contributed by atoms with Gasteiger partial charge in [0.05, 0.1) is 6.04 Å². The fourth-order valence-electron chi connectivity index (χ4n) is 4.66. The number of carbonyl (C=O) groups is 2. The molecule has 5 heteroatoms. The number of hydrogen-bond donors (Lipinski definition) is 1. The van der Waals surface area contributed by atoms with Crippen LogP contribution < -0.4 is 10.1 Å². The van der Waals surface area contributed by atoms with Crippen molar-refractivity contribution in [1.29, 1.82) is 0 Å². The summed E-state index contributed by atoms with van der Waals surface area (Å²) in [6.07, 6.45) is 0.620. The molecule has 5 nitrogen and oxygen atoms in total. The molecule has 1 heterocycles. The lowest BCUT2D eigenvalue weighted by Gasteiger charge is -2.38. The van der Waals surface area contributed by atoms with Gasteiger partial charge in [-0.1, -0.05) is 72.6 Å². The van der Waals surface area contributed by atoms with Crippen LogP contribution in [0.4, 0.5) is 0 Å². The highest BCUT2D eigenvalue weighted by Crippen LogP contribution is 2.37. The Kier molecular flexibility index (Phi) is 7.54. The van der Waals surface area contributed by atoms with Gasteiger partial charge in [0.1, 0.15) is 5.75 Å². The molecule has 0 saturated heterocycles. The van der Waals surface area contributed by atoms with Gasteiger partial charge in [-0.05, 0) is 61.6 Å². The van der Waals surface area contributed by atoms with Gasteiger partial charge in [-0.2, -0.15) is 0 Å². The molecule has 3 aromatic rings. The van der Waals surface area contributed by atoms with Crippen molar-refractivity contribution in [3.05, 3.63) is 100 Å². The van der Waals surface area contributed by atoms with Crippen LogP contribution in [0.1, 0.15) is 59.7 Å². The molecule has 2 atom stereocenters. The first-order valence-corrected chi connectivity index (χ1v) is 12.3. The second kappa shape index (κ2) is 10.8. The van der Waals surface area contributed by atoms with Crippen molar-refractivity contribution in [1.82, 2.24) is 10.2 Å². The molecule has 1 aliphatic rings. The number of carbonyl (C=O) groups excluding carboxylic acids is 2. The third kappa shape index (κ3) is 5.73. The van der Waals surface area contributed by atoms with Crippen LogP contribution in [0, 0.1) is 13.8 Å². The topological polar surface area (TPSA) is 58.6 Å². The summed E-state index contributed by atoms with van der Waals surface area (Å²) in [7, 11) is 0. The number of fused-ring (bicyclic) bond motifs is 1. The Morgan fingerprint density at radius 2 is 1.80 bits per heavy atom. The number of benzene rings is 3. The molecule has 35 heavy (non-hydrogen) atoms. The van der Waals surface area contributed by atoms with Crippen LogP contribution in [0.5, 0.6) is 5.75 Å². The average Bonchev–Trinajstić information content (AvgIpc) is 2.86. The number of hydrogen-bond acceptors (Lipinski definition) is 3. The number of amides is 2. The van der Waals surface area contributed by atoms with E-state index in [9.17, 15) is 9.59 Å². The zero-order valence-electron chi connectivity index (χ0n) is 21.0. The van der Waals surface area contributed by atoms with E-state index in [-0.39, 0.29) is 17.9 Å². The summed E-state index contributed by atoms with van der Waals surface area (Å²) in [6, 6.07) is 22.3. The molecule has 0 fully saturated rings. The summed E-state index contributed by atoms with van der Waals surface area (Å²) in [5.74, 6) is 0.600. The lowest BCUT2D eigenvalue weighted by atomic mass is 9.87. The van der Waals surface area contributed by atoms with Crippen LogP contribution in [0.15, 0.2) is 66.7 Å². The molecule has 1 N–H and O–H groups in total. The maximum atomic E-state index is 12.8. The Morgan fingerprint density at radius 3 is 2.51 bits per heavy atom. The van der Waals surface area contributed by atoms with E-state index in [0.29, 0.717) is 25.3 Å². The molecule has 0 unspecified atom stereocenters. The van der Waals surface area contributed by atoms with E-state index in [1.807, 2.05) is 49.1 Å². The van der Waals surface area contributed by atoms with Crippen molar-refractivity contribution in [2.75, 3.05) is 6.54 Å². The zero-order chi connectivity index (χ0) is 24.9. The maximum absolute atomic E-state index is 12.8. The summed E-state index contributed by atoms with van der Waals surface area (Å²) < 4.78 is 6.06. The SMILES string of the molecule is CCC(=O)N1CCc2ccc(O[C@@H](C)C(=O)NCc3cccc(C)c3)cc2[C@H]1c1ccc(C)cc1. The Bertz CT molecular complexity index is 1200. The Labute approximate surface area is 208 Å². The smallest absolute Gasteiger partial charge is 0.261 e. The fraction of sp³-hybridized carbons (Fsp3) is 0.333. The molecule has 0 spiro atoms. The molecule has 3 aromatic carbocycles. The van der Waals surface area contributed by atoms with Crippen molar-refractivity contribution in [2.24, 2.45) is 0 Å². The highest BCUT2D eigenvalue weighted by Gasteiger charge is 2.32. The monoisotopic (exact) mass is 470 g/mol. The van der Waals surface area contributed by atoms with E-state index >= 15 is 0 Å². The van der Waals surface area contributed by atoms with E-state index in [4.69, 9.17) is 4.74 Å². The van der Waals surface area contributed by atoms with E-state index in [0.717, 1.165) is 28.7 Å². The van der Waals surface area contributed by atoms with Crippen LogP contribution in [0.25, 0.3) is 0 Å². The van der Waals surface area contributed by atoms with E-state index in [1.165, 1.54) is 11.1 Å². The van der Waals surface area contributed by atoms with Gasteiger partial charge < -0.3 is 15.0 Å². The van der Waals surface area contributed by atoms with Crippen molar-refractivity contribution in [2.45, 2.75) is 59.2 Å². The summed E-state index contributed by atoms with van der Waals surface area (Å²) in [4.78, 5) is 27.5. The van der Waals surface area contributed by atoms with Crippen molar-refractivity contribution >= 4 is 11.8 Å². The molecule has 0 radical (unpaired) electrons. The van der Waals surface area contributed by atoms with Crippen LogP contribution in [-0.2, 0) is 22.6 Å². The van der Waals surface area contributed by atoms with Gasteiger partial charge in [0.25, 0.3) is 5.91 Å². The number of rotatable bonds is 7. The number of nitrogens with zero attached hydrogens (tertiary/aromatic N) is 1. The molecule has 0 bridgehead atoms. The second-order valence-corrected chi connectivity index (χ2v) is 9.33. The number of aryl methyl sites for hydroxylation is 2. The highest BCUT2D eigenvalue weighted by atomic mass is 16.5. The summed E-state index contributed by atoms with van der Waals surface area (Å²) in [5.41, 5.74) is 6.75. The lowest BCUT2D eigenvalue weighted by molar-refractivity contribution is -0.133. The van der Waals surface area contributed by atoms with Crippen LogP contribution in [0.3, 0.4) is 0 Å². The molecule has 182 valence electrons. The molecule has 0 aromatic heterocycles. The summed E-state index contributed by atoms with van der Waals surface area (Å²) in [6.45, 7) is 8.91. The molecule has 0 saturated carbocycles. The molecular formula is C30H34N2O3. The minimum absolute atomic E-state index is 0.136. The Hall–Kier alpha value is -3.60. The first kappa shape index (κ1) is 24.5. The predicted octanol–water partition coefficient (Wildman–Crippen LogP) is 5.27. The minimum Gasteiger partial charge on any atom is -0.481 e. The van der Waals surface area contributed by atoms with Crippen molar-refractivity contribution in [3.8, 4) is 5.75 Å². The first-order valence-electron chi connectivity index (χ1n) is 12.3. The lowest BCUT2D eigenvalue weighted by Crippen LogP contribution is -2.40. The quantitative estimate of drug-likeness (QED) is 0.512. The summed E-state index contributed by atoms with van der Waals surface area (Å²) >= 11 is 0. The highest BCUT2D eigenvalue weighted by molar-refractivity contribution is 5.80. The molecule has 2 amide bonds. The van der Waals surface area contributed by atoms with Crippen molar-refractivity contribution in [3.63, 3.8) is 0 Å². The number of nitrogens with one attached hydrogen (secondary N) is 1. The molecule has 0 aliphatic carbocycles. The zero-order valence-corrected chi connectivity index (χ0v) is 21.0. The largest absolute Gasteiger partial charge is 0.481 e. The van der Waals surface area contributed by atoms with Gasteiger partial charge in [-0.25, -0.2) is 0 Å². The maximum Gasteiger partial charge on any atom is 0.261 e. The van der Waals surface area contributed by atoms with Crippen LogP contribution in [0.2, 0.25) is 0 Å². The third-order valence-corrected chi connectivity index (χ3v) is 6.59. The van der Waals surface area contributed by atoms with Gasteiger partial charge in [-0.15, -0.1) is 0 Å². The Morgan fingerprint density at radius 1 is 1.03 bits per heavy atom. The standard InChI is InChI=1S/C30H34N2O3/c1-5-28(33)32-16-15-24-13-14-26(18-27(24)29(32)25-11-9-20(2)10-12-25)35-22(4)30(34)31-19-23-8-6-7-21(3)17-23/h6-14,17-18,22,29H,5,15-16,19H2,1-4H3,(H,31,34)/t22-,29+/m0/s1. The van der Waals surface area contributed by atoms with Gasteiger partial charge >= 0.3 is 0 Å². The van der Waals surface area contributed by atoms with Gasteiger partial charge in [0.2, 0.25) is 5.91 Å². The van der Waals surface area contributed by atoms with Gasteiger partial charge in [-0.3, -0.25) is 9.59 Å². The van der Waals surface area contributed by atoms with Gasteiger partial charge in [0, 0.05) is 19.5 Å². The molecule has 4 rings (SSSR count). The van der Waals surface area contributed by atoms with Gasteiger partial charge in [0.15, 0.2) is 6.10 Å². The minimum atomic E-state index is -0.646. The number of ether oxygens (including phenoxy) is 1. The average molecular weight is 471 g/mol. The normalized spacial score (nSPS) is 15.8.